The molecule has 0 aliphatic carbocycles. The monoisotopic (exact) mass is 286 g/mol. The van der Waals surface area contributed by atoms with Gasteiger partial charge in [-0.25, -0.2) is 9.78 Å². The van der Waals surface area contributed by atoms with Crippen LogP contribution in [-0.4, -0.2) is 22.5 Å². The number of hydrogen-bond acceptors (Lipinski definition) is 6. The summed E-state index contributed by atoms with van der Waals surface area (Å²) in [6.45, 7) is 4.59. The molecule has 0 radical (unpaired) electrons. The number of ether oxygens (including phenoxy) is 1. The van der Waals surface area contributed by atoms with Crippen molar-refractivity contribution in [2.75, 3.05) is 17.7 Å². The zero-order chi connectivity index (χ0) is 15.2. The number of nitrogens with two attached hydrogens (primary N) is 1. The van der Waals surface area contributed by atoms with Crippen LogP contribution in [0, 0.1) is 6.92 Å². The summed E-state index contributed by atoms with van der Waals surface area (Å²) in [7, 11) is 0. The quantitative estimate of drug-likeness (QED) is 0.819. The summed E-state index contributed by atoms with van der Waals surface area (Å²) in [4.78, 5) is 20.0. The van der Waals surface area contributed by atoms with Gasteiger partial charge in [0, 0.05) is 25.1 Å². The zero-order valence-electron chi connectivity index (χ0n) is 12.1. The van der Waals surface area contributed by atoms with Crippen molar-refractivity contribution >= 4 is 17.5 Å². The second kappa shape index (κ2) is 6.69. The molecule has 2 rings (SSSR count). The molecule has 0 unspecified atom stereocenters. The molecule has 2 heterocycles. The van der Waals surface area contributed by atoms with Crippen molar-refractivity contribution < 1.29 is 9.53 Å². The minimum atomic E-state index is -0.444. The molecule has 0 bridgehead atoms. The Balaban J connectivity index is 2.16. The van der Waals surface area contributed by atoms with Crippen molar-refractivity contribution in [3.8, 4) is 0 Å². The van der Waals surface area contributed by atoms with Crippen LogP contribution in [0.1, 0.15) is 28.4 Å². The van der Waals surface area contributed by atoms with Crippen molar-refractivity contribution in [1.29, 1.82) is 0 Å². The van der Waals surface area contributed by atoms with E-state index in [1.54, 1.807) is 25.4 Å². The van der Waals surface area contributed by atoms with E-state index in [0.717, 1.165) is 11.1 Å². The van der Waals surface area contributed by atoms with Gasteiger partial charge in [-0.3, -0.25) is 4.98 Å². The van der Waals surface area contributed by atoms with Crippen molar-refractivity contribution in [2.24, 2.45) is 0 Å². The molecule has 0 aromatic carbocycles. The van der Waals surface area contributed by atoms with E-state index in [1.807, 2.05) is 13.0 Å². The first kappa shape index (κ1) is 14.8. The van der Waals surface area contributed by atoms with Crippen LogP contribution >= 0.6 is 0 Å². The molecule has 2 aromatic heterocycles. The average Bonchev–Trinajstić information content (AvgIpc) is 2.48. The van der Waals surface area contributed by atoms with Gasteiger partial charge < -0.3 is 15.8 Å². The molecule has 21 heavy (non-hydrogen) atoms. The maximum atomic E-state index is 11.8. The van der Waals surface area contributed by atoms with Gasteiger partial charge in [-0.1, -0.05) is 0 Å². The van der Waals surface area contributed by atoms with Crippen molar-refractivity contribution in [3.05, 3.63) is 47.4 Å². The minimum absolute atomic E-state index is 0.294. The Hall–Kier alpha value is -2.63. The lowest BCUT2D eigenvalue weighted by molar-refractivity contribution is 0.0527. The average molecular weight is 286 g/mol. The molecule has 2 aromatic rings. The largest absolute Gasteiger partial charge is 0.462 e. The Bertz CT molecular complexity index is 643. The highest BCUT2D eigenvalue weighted by molar-refractivity contribution is 5.97. The molecule has 0 saturated carbocycles. The van der Waals surface area contributed by atoms with Crippen LogP contribution in [0.2, 0.25) is 0 Å². The number of nitrogens with zero attached hydrogens (tertiary/aromatic N) is 2. The smallest absolute Gasteiger partial charge is 0.340 e. The normalized spacial score (nSPS) is 10.2. The van der Waals surface area contributed by atoms with Crippen LogP contribution in [-0.2, 0) is 11.3 Å². The fourth-order valence-corrected chi connectivity index (χ4v) is 1.88. The molecule has 0 spiro atoms. The van der Waals surface area contributed by atoms with Gasteiger partial charge in [-0.05, 0) is 37.1 Å². The number of aromatic nitrogens is 2. The van der Waals surface area contributed by atoms with E-state index in [-0.39, 0.29) is 0 Å². The molecular weight excluding hydrogens is 268 g/mol. The number of esters is 1. The van der Waals surface area contributed by atoms with Gasteiger partial charge in [-0.15, -0.1) is 0 Å². The predicted molar refractivity (Wildman–Crippen MR) is 80.9 cm³/mol. The molecular formula is C15H18N4O2. The van der Waals surface area contributed by atoms with Crippen LogP contribution in [0.5, 0.6) is 0 Å². The van der Waals surface area contributed by atoms with Gasteiger partial charge in [0.1, 0.15) is 5.82 Å². The fourth-order valence-electron chi connectivity index (χ4n) is 1.88. The van der Waals surface area contributed by atoms with E-state index in [4.69, 9.17) is 10.5 Å². The lowest BCUT2D eigenvalue weighted by Crippen LogP contribution is -2.12. The first-order valence-electron chi connectivity index (χ1n) is 6.68. The van der Waals surface area contributed by atoms with Gasteiger partial charge >= 0.3 is 5.97 Å². The third kappa shape index (κ3) is 3.47. The van der Waals surface area contributed by atoms with Crippen LogP contribution in [0.4, 0.5) is 11.5 Å². The Morgan fingerprint density at radius 3 is 2.90 bits per heavy atom. The second-order valence-corrected chi connectivity index (χ2v) is 4.50. The van der Waals surface area contributed by atoms with Crippen LogP contribution < -0.4 is 11.1 Å². The van der Waals surface area contributed by atoms with E-state index in [2.05, 4.69) is 15.3 Å². The topological polar surface area (TPSA) is 90.1 Å². The first-order chi connectivity index (χ1) is 10.1. The van der Waals surface area contributed by atoms with E-state index < -0.39 is 5.97 Å². The molecule has 6 heteroatoms. The zero-order valence-corrected chi connectivity index (χ0v) is 12.1. The number of rotatable bonds is 5. The summed E-state index contributed by atoms with van der Waals surface area (Å²) in [6.07, 6.45) is 5.06. The van der Waals surface area contributed by atoms with Crippen LogP contribution in [0.3, 0.4) is 0 Å². The molecule has 110 valence electrons. The van der Waals surface area contributed by atoms with Crippen molar-refractivity contribution in [2.45, 2.75) is 20.4 Å². The first-order valence-corrected chi connectivity index (χ1v) is 6.68. The SMILES string of the molecule is CCOC(=O)c1ccnc(NCc2ccncc2C)c1N. The fraction of sp³-hybridized carbons (Fsp3) is 0.267. The molecule has 0 fully saturated rings. The Morgan fingerprint density at radius 1 is 1.38 bits per heavy atom. The molecule has 0 aliphatic heterocycles. The Labute approximate surface area is 123 Å². The van der Waals surface area contributed by atoms with Crippen molar-refractivity contribution in [3.63, 3.8) is 0 Å². The standard InChI is InChI=1S/C15H18N4O2/c1-3-21-15(20)12-5-7-18-14(13(12)16)19-9-11-4-6-17-8-10(11)2/h4-8H,3,9,16H2,1-2H3,(H,18,19). The van der Waals surface area contributed by atoms with E-state index in [0.29, 0.717) is 30.2 Å². The van der Waals surface area contributed by atoms with Gasteiger partial charge in [0.05, 0.1) is 17.9 Å². The highest BCUT2D eigenvalue weighted by Crippen LogP contribution is 2.21. The van der Waals surface area contributed by atoms with E-state index in [9.17, 15) is 4.79 Å². The summed E-state index contributed by atoms with van der Waals surface area (Å²) < 4.78 is 4.96. The van der Waals surface area contributed by atoms with Crippen LogP contribution in [0.25, 0.3) is 0 Å². The molecule has 0 atom stereocenters. The Kier molecular flexibility index (Phi) is 4.71. The van der Waals surface area contributed by atoms with Gasteiger partial charge in [0.15, 0.2) is 0 Å². The summed E-state index contributed by atoms with van der Waals surface area (Å²) in [5.41, 5.74) is 8.76. The summed E-state index contributed by atoms with van der Waals surface area (Å²) >= 11 is 0. The van der Waals surface area contributed by atoms with Gasteiger partial charge in [0.2, 0.25) is 0 Å². The summed E-state index contributed by atoms with van der Waals surface area (Å²) in [6, 6.07) is 3.48. The maximum absolute atomic E-state index is 11.8. The summed E-state index contributed by atoms with van der Waals surface area (Å²) in [5.74, 6) is 0.0253. The molecule has 0 aliphatic rings. The predicted octanol–water partition coefficient (Wildman–Crippen LogP) is 2.16. The number of carbonyl (C=O) groups excluding carboxylic acids is 1. The lowest BCUT2D eigenvalue weighted by Gasteiger charge is -2.12. The highest BCUT2D eigenvalue weighted by atomic mass is 16.5. The van der Waals surface area contributed by atoms with Crippen LogP contribution in [0.15, 0.2) is 30.7 Å². The number of hydrogen-bond donors (Lipinski definition) is 2. The third-order valence-corrected chi connectivity index (χ3v) is 3.07. The maximum Gasteiger partial charge on any atom is 0.340 e. The van der Waals surface area contributed by atoms with Gasteiger partial charge in [-0.2, -0.15) is 0 Å². The van der Waals surface area contributed by atoms with Crippen molar-refractivity contribution in [1.82, 2.24) is 9.97 Å². The number of nitrogen functional groups attached to an aromatic ring is 1. The number of carbonyl (C=O) groups is 1. The number of pyridine rings is 2. The molecule has 0 amide bonds. The number of anilines is 2. The van der Waals surface area contributed by atoms with E-state index >= 15 is 0 Å². The molecule has 6 nitrogen and oxygen atoms in total. The highest BCUT2D eigenvalue weighted by Gasteiger charge is 2.14. The second-order valence-electron chi connectivity index (χ2n) is 4.50. The Morgan fingerprint density at radius 2 is 2.19 bits per heavy atom. The lowest BCUT2D eigenvalue weighted by atomic mass is 10.1. The molecule has 3 N–H and O–H groups in total. The summed E-state index contributed by atoms with van der Waals surface area (Å²) in [5, 5.41) is 3.14. The number of nitrogens with one attached hydrogen (secondary N) is 1. The third-order valence-electron chi connectivity index (χ3n) is 3.07. The van der Waals surface area contributed by atoms with E-state index in [1.165, 1.54) is 6.20 Å². The molecule has 0 saturated heterocycles. The number of aryl methyl sites for hydroxylation is 1. The van der Waals surface area contributed by atoms with Gasteiger partial charge in [0.25, 0.3) is 0 Å². The minimum Gasteiger partial charge on any atom is -0.462 e.